The number of ether oxygens (including phenoxy) is 1. The molecule has 1 aliphatic heterocycles. The van der Waals surface area contributed by atoms with Gasteiger partial charge in [-0.25, -0.2) is 15.0 Å². The van der Waals surface area contributed by atoms with Gasteiger partial charge in [-0.2, -0.15) is 10.4 Å². The molecule has 3 heterocycles. The Morgan fingerprint density at radius 3 is 2.74 bits per heavy atom. The third-order valence-electron chi connectivity index (χ3n) is 4.58. The number of aliphatic imine (C=N–C) groups is 1. The molecule has 0 saturated heterocycles. The van der Waals surface area contributed by atoms with Crippen LogP contribution in [0.1, 0.15) is 5.69 Å². The van der Waals surface area contributed by atoms with Crippen LogP contribution in [0.4, 0.5) is 11.5 Å². The van der Waals surface area contributed by atoms with Crippen LogP contribution >= 0.6 is 0 Å². The van der Waals surface area contributed by atoms with E-state index in [-0.39, 0.29) is 0 Å². The number of pyridine rings is 1. The predicted octanol–water partition coefficient (Wildman–Crippen LogP) is 2.42. The number of benzene rings is 1. The number of aryl methyl sites for hydroxylation is 1. The molecule has 0 spiro atoms. The lowest BCUT2D eigenvalue weighted by molar-refractivity contribution is 0.367. The molecule has 31 heavy (non-hydrogen) atoms. The highest BCUT2D eigenvalue weighted by Gasteiger charge is 2.19. The van der Waals surface area contributed by atoms with Crippen LogP contribution in [0.25, 0.3) is 11.4 Å². The molecule has 1 aliphatic rings. The van der Waals surface area contributed by atoms with E-state index in [0.717, 1.165) is 11.3 Å². The second kappa shape index (κ2) is 8.54. The van der Waals surface area contributed by atoms with E-state index in [1.54, 1.807) is 36.3 Å². The Morgan fingerprint density at radius 1 is 1.16 bits per heavy atom. The molecular formula is C21H21N9O. The van der Waals surface area contributed by atoms with Crippen molar-refractivity contribution in [3.05, 3.63) is 60.7 Å². The maximum atomic E-state index is 9.06. The van der Waals surface area contributed by atoms with Gasteiger partial charge in [-0.1, -0.05) is 12.1 Å². The fourth-order valence-corrected chi connectivity index (χ4v) is 3.09. The van der Waals surface area contributed by atoms with E-state index < -0.39 is 6.29 Å². The quantitative estimate of drug-likeness (QED) is 0.653. The van der Waals surface area contributed by atoms with Gasteiger partial charge in [-0.05, 0) is 30.3 Å². The lowest BCUT2D eigenvalue weighted by atomic mass is 10.1. The summed E-state index contributed by atoms with van der Waals surface area (Å²) < 4.78 is 7.30. The molecule has 1 aromatic carbocycles. The minimum Gasteiger partial charge on any atom is -0.494 e. The summed E-state index contributed by atoms with van der Waals surface area (Å²) in [7, 11) is 5.32. The fraction of sp³-hybridized carbons (Fsp3) is 0.190. The van der Waals surface area contributed by atoms with Gasteiger partial charge in [0.25, 0.3) is 0 Å². The average Bonchev–Trinajstić information content (AvgIpc) is 3.22. The third-order valence-corrected chi connectivity index (χ3v) is 4.58. The molecule has 0 saturated carbocycles. The molecule has 0 amide bonds. The SMILES string of the molecule is COc1c(NC2=NC(Nc3cccc(C#N)n3)N(C)C=C2)cccc1-c1ncn(C)n1. The van der Waals surface area contributed by atoms with Crippen molar-refractivity contribution in [1.29, 1.82) is 5.26 Å². The first-order valence-corrected chi connectivity index (χ1v) is 9.49. The van der Waals surface area contributed by atoms with E-state index in [0.29, 0.717) is 28.9 Å². The van der Waals surface area contributed by atoms with Crippen LogP contribution in [-0.4, -0.2) is 50.9 Å². The Labute approximate surface area is 179 Å². The van der Waals surface area contributed by atoms with E-state index in [1.165, 1.54) is 0 Å². The van der Waals surface area contributed by atoms with E-state index in [9.17, 15) is 0 Å². The number of anilines is 2. The Morgan fingerprint density at radius 2 is 2.00 bits per heavy atom. The monoisotopic (exact) mass is 415 g/mol. The first kappa shape index (κ1) is 19.9. The summed E-state index contributed by atoms with van der Waals surface area (Å²) in [5.74, 6) is 2.40. The lowest BCUT2D eigenvalue weighted by Gasteiger charge is -2.28. The van der Waals surface area contributed by atoms with Crippen LogP contribution in [0.5, 0.6) is 5.75 Å². The highest BCUT2D eigenvalue weighted by atomic mass is 16.5. The molecule has 2 aromatic heterocycles. The van der Waals surface area contributed by atoms with Crippen molar-refractivity contribution in [3.8, 4) is 23.2 Å². The van der Waals surface area contributed by atoms with Gasteiger partial charge in [0, 0.05) is 20.3 Å². The van der Waals surface area contributed by atoms with Gasteiger partial charge in [-0.3, -0.25) is 4.68 Å². The zero-order valence-corrected chi connectivity index (χ0v) is 17.3. The number of hydrogen-bond donors (Lipinski definition) is 2. The fourth-order valence-electron chi connectivity index (χ4n) is 3.09. The smallest absolute Gasteiger partial charge is 0.199 e. The van der Waals surface area contributed by atoms with Crippen LogP contribution in [0.3, 0.4) is 0 Å². The minimum absolute atomic E-state index is 0.339. The number of hydrogen-bond acceptors (Lipinski definition) is 9. The Hall–Kier alpha value is -4.39. The van der Waals surface area contributed by atoms with E-state index >= 15 is 0 Å². The molecule has 0 aliphatic carbocycles. The topological polar surface area (TPSA) is 116 Å². The second-order valence-electron chi connectivity index (χ2n) is 6.79. The molecule has 0 bridgehead atoms. The summed E-state index contributed by atoms with van der Waals surface area (Å²) in [5.41, 5.74) is 1.85. The number of methoxy groups -OCH3 is 1. The molecule has 0 radical (unpaired) electrons. The van der Waals surface area contributed by atoms with Gasteiger partial charge in [0.05, 0.1) is 18.4 Å². The first-order valence-electron chi connectivity index (χ1n) is 9.49. The van der Waals surface area contributed by atoms with E-state index in [4.69, 9.17) is 15.0 Å². The normalized spacial score (nSPS) is 15.2. The number of nitriles is 1. The zero-order valence-electron chi connectivity index (χ0n) is 17.3. The Bertz CT molecular complexity index is 1190. The largest absolute Gasteiger partial charge is 0.494 e. The van der Waals surface area contributed by atoms with Gasteiger partial charge in [0.15, 0.2) is 17.9 Å². The molecule has 0 fully saturated rings. The van der Waals surface area contributed by atoms with Crippen molar-refractivity contribution in [2.24, 2.45) is 12.0 Å². The van der Waals surface area contributed by atoms with Crippen LogP contribution in [-0.2, 0) is 7.05 Å². The van der Waals surface area contributed by atoms with Crippen LogP contribution in [0.2, 0.25) is 0 Å². The molecule has 1 unspecified atom stereocenters. The highest BCUT2D eigenvalue weighted by molar-refractivity contribution is 6.05. The van der Waals surface area contributed by atoms with Crippen LogP contribution in [0, 0.1) is 11.3 Å². The molecule has 2 N–H and O–H groups in total. The van der Waals surface area contributed by atoms with Crippen molar-refractivity contribution in [2.45, 2.75) is 6.29 Å². The average molecular weight is 415 g/mol. The number of rotatable bonds is 5. The molecule has 10 nitrogen and oxygen atoms in total. The molecule has 10 heteroatoms. The minimum atomic E-state index is -0.402. The summed E-state index contributed by atoms with van der Waals surface area (Å²) >= 11 is 0. The summed E-state index contributed by atoms with van der Waals surface area (Å²) in [6.07, 6.45) is 5.00. The molecule has 1 atom stereocenters. The highest BCUT2D eigenvalue weighted by Crippen LogP contribution is 2.34. The first-order chi connectivity index (χ1) is 15.1. The van der Waals surface area contributed by atoms with Gasteiger partial charge in [-0.15, -0.1) is 0 Å². The number of aromatic nitrogens is 4. The van der Waals surface area contributed by atoms with Crippen molar-refractivity contribution in [3.63, 3.8) is 0 Å². The van der Waals surface area contributed by atoms with Crippen LogP contribution < -0.4 is 15.4 Å². The molecule has 156 valence electrons. The number of para-hydroxylation sites is 1. The second-order valence-corrected chi connectivity index (χ2v) is 6.79. The predicted molar refractivity (Wildman–Crippen MR) is 117 cm³/mol. The van der Waals surface area contributed by atoms with Crippen molar-refractivity contribution in [1.82, 2.24) is 24.6 Å². The van der Waals surface area contributed by atoms with Gasteiger partial charge in [0.1, 0.15) is 29.7 Å². The number of nitrogens with zero attached hydrogens (tertiary/aromatic N) is 7. The molecule has 3 aromatic rings. The van der Waals surface area contributed by atoms with Gasteiger partial charge in [0.2, 0.25) is 0 Å². The summed E-state index contributed by atoms with van der Waals surface area (Å²) in [4.78, 5) is 15.2. The molecule has 4 rings (SSSR count). The van der Waals surface area contributed by atoms with Crippen LogP contribution in [0.15, 0.2) is 60.0 Å². The zero-order chi connectivity index (χ0) is 21.8. The molecular weight excluding hydrogens is 394 g/mol. The summed E-state index contributed by atoms with van der Waals surface area (Å²) in [6.45, 7) is 0. The Balaban J connectivity index is 1.59. The Kier molecular flexibility index (Phi) is 5.49. The maximum Gasteiger partial charge on any atom is 0.199 e. The van der Waals surface area contributed by atoms with Gasteiger partial charge < -0.3 is 20.3 Å². The summed E-state index contributed by atoms with van der Waals surface area (Å²) in [5, 5.41) is 20.0. The summed E-state index contributed by atoms with van der Waals surface area (Å²) in [6, 6.07) is 13.0. The number of nitrogens with one attached hydrogen (secondary N) is 2. The lowest BCUT2D eigenvalue weighted by Crippen LogP contribution is -2.37. The van der Waals surface area contributed by atoms with Crippen molar-refractivity contribution >= 4 is 17.3 Å². The standard InChI is InChI=1S/C21H21N9O/c1-29-11-10-18(27-21(29)26-17-9-4-6-14(12-22)24-17)25-16-8-5-7-15(19(16)31-3)20-23-13-30(2)28-20/h4-11,13,21H,1-3H3,(H,24,26)(H,25,27). The number of amidine groups is 1. The van der Waals surface area contributed by atoms with Crippen molar-refractivity contribution < 1.29 is 4.74 Å². The van der Waals surface area contributed by atoms with Gasteiger partial charge >= 0.3 is 0 Å². The maximum absolute atomic E-state index is 9.06. The van der Waals surface area contributed by atoms with E-state index in [2.05, 4.69) is 25.7 Å². The van der Waals surface area contributed by atoms with E-state index in [1.807, 2.05) is 55.5 Å². The third kappa shape index (κ3) is 4.30. The van der Waals surface area contributed by atoms with Crippen molar-refractivity contribution in [2.75, 3.05) is 24.8 Å².